The van der Waals surface area contributed by atoms with Crippen molar-refractivity contribution in [3.8, 4) is 11.5 Å². The molecule has 0 saturated heterocycles. The quantitative estimate of drug-likeness (QED) is 0.563. The zero-order chi connectivity index (χ0) is 10.7. The van der Waals surface area contributed by atoms with Crippen molar-refractivity contribution in [3.05, 3.63) is 42.8 Å². The van der Waals surface area contributed by atoms with Crippen LogP contribution in [0.25, 0.3) is 11.5 Å². The summed E-state index contributed by atoms with van der Waals surface area (Å²) in [5, 5.41) is 4.23. The third-order valence-electron chi connectivity index (χ3n) is 2.01. The molecule has 0 aliphatic heterocycles. The molecule has 2 heterocycles. The van der Waals surface area contributed by atoms with Gasteiger partial charge in [-0.05, 0) is 18.2 Å². The van der Waals surface area contributed by atoms with E-state index >= 15 is 0 Å². The average Bonchev–Trinajstić information content (AvgIpc) is 2.84. The van der Waals surface area contributed by atoms with E-state index in [1.807, 2.05) is 0 Å². The van der Waals surface area contributed by atoms with Crippen molar-refractivity contribution in [1.82, 2.24) is 9.78 Å². The zero-order valence-electron chi connectivity index (χ0n) is 8.09. The van der Waals surface area contributed by atoms with Gasteiger partial charge in [-0.1, -0.05) is 6.08 Å². The first-order valence-electron chi connectivity index (χ1n) is 4.53. The van der Waals surface area contributed by atoms with Crippen LogP contribution >= 0.6 is 0 Å². The van der Waals surface area contributed by atoms with Crippen LogP contribution in [-0.4, -0.2) is 16.1 Å². The van der Waals surface area contributed by atoms with Crippen LogP contribution in [0.1, 0.15) is 10.5 Å². The number of carbonyl (C=O) groups is 1. The topological polar surface area (TPSA) is 48.0 Å². The molecule has 0 radical (unpaired) electrons. The van der Waals surface area contributed by atoms with Crippen molar-refractivity contribution in [2.45, 2.75) is 6.54 Å². The molecule has 0 N–H and O–H groups in total. The molecule has 0 aliphatic rings. The second kappa shape index (κ2) is 3.96. The lowest BCUT2D eigenvalue weighted by atomic mass is 10.3. The Morgan fingerprint density at radius 1 is 1.60 bits per heavy atom. The minimum atomic E-state index is 0.509. The van der Waals surface area contributed by atoms with Gasteiger partial charge in [0.1, 0.15) is 11.4 Å². The Morgan fingerprint density at radius 3 is 3.07 bits per heavy atom. The van der Waals surface area contributed by atoms with E-state index in [0.717, 1.165) is 6.29 Å². The van der Waals surface area contributed by atoms with Gasteiger partial charge < -0.3 is 4.42 Å². The van der Waals surface area contributed by atoms with Crippen molar-refractivity contribution >= 4 is 6.29 Å². The lowest BCUT2D eigenvalue weighted by Crippen LogP contribution is -2.01. The van der Waals surface area contributed by atoms with E-state index in [0.29, 0.717) is 23.7 Å². The molecule has 2 rings (SSSR count). The lowest BCUT2D eigenvalue weighted by Gasteiger charge is -1.96. The van der Waals surface area contributed by atoms with Crippen LogP contribution in [-0.2, 0) is 6.54 Å². The predicted molar refractivity (Wildman–Crippen MR) is 55.5 cm³/mol. The molecule has 0 unspecified atom stereocenters. The fourth-order valence-corrected chi connectivity index (χ4v) is 1.34. The standard InChI is InChI=1S/C11H10N2O2/c1-2-5-13-9(8-14)7-10(12-13)11-4-3-6-15-11/h2-4,6-8H,1,5H2. The highest BCUT2D eigenvalue weighted by atomic mass is 16.3. The molecule has 4 heteroatoms. The number of aldehydes is 1. The van der Waals surface area contributed by atoms with Crippen LogP contribution in [0.15, 0.2) is 41.5 Å². The Hall–Kier alpha value is -2.10. The van der Waals surface area contributed by atoms with E-state index in [-0.39, 0.29) is 0 Å². The minimum Gasteiger partial charge on any atom is -0.463 e. The molecule has 2 aromatic rings. The number of rotatable bonds is 4. The minimum absolute atomic E-state index is 0.509. The molecular weight excluding hydrogens is 192 g/mol. The van der Waals surface area contributed by atoms with Crippen molar-refractivity contribution < 1.29 is 9.21 Å². The van der Waals surface area contributed by atoms with Gasteiger partial charge in [0.2, 0.25) is 0 Å². The average molecular weight is 202 g/mol. The summed E-state index contributed by atoms with van der Waals surface area (Å²) in [6.45, 7) is 4.11. The normalized spacial score (nSPS) is 10.1. The zero-order valence-corrected chi connectivity index (χ0v) is 8.09. The Balaban J connectivity index is 2.42. The van der Waals surface area contributed by atoms with Crippen molar-refractivity contribution in [1.29, 1.82) is 0 Å². The Kier molecular flexibility index (Phi) is 2.49. The largest absolute Gasteiger partial charge is 0.463 e. The van der Waals surface area contributed by atoms with Crippen LogP contribution in [0.5, 0.6) is 0 Å². The summed E-state index contributed by atoms with van der Waals surface area (Å²) in [5.41, 5.74) is 1.17. The van der Waals surface area contributed by atoms with Crippen LogP contribution in [0.2, 0.25) is 0 Å². The third-order valence-corrected chi connectivity index (χ3v) is 2.01. The SMILES string of the molecule is C=CCn1nc(-c2ccco2)cc1C=O. The second-order valence-corrected chi connectivity index (χ2v) is 3.02. The summed E-state index contributed by atoms with van der Waals surface area (Å²) < 4.78 is 6.77. The van der Waals surface area contributed by atoms with Gasteiger partial charge in [-0.3, -0.25) is 9.48 Å². The Labute approximate surface area is 86.8 Å². The maximum Gasteiger partial charge on any atom is 0.168 e. The lowest BCUT2D eigenvalue weighted by molar-refractivity contribution is 0.111. The first-order chi connectivity index (χ1) is 7.35. The predicted octanol–water partition coefficient (Wildman–Crippen LogP) is 2.14. The number of allylic oxidation sites excluding steroid dienone is 1. The van der Waals surface area contributed by atoms with Gasteiger partial charge >= 0.3 is 0 Å². The number of carbonyl (C=O) groups excluding carboxylic acids is 1. The van der Waals surface area contributed by atoms with Crippen LogP contribution in [0.3, 0.4) is 0 Å². The summed E-state index contributed by atoms with van der Waals surface area (Å²) in [6, 6.07) is 5.27. The van der Waals surface area contributed by atoms with Gasteiger partial charge in [0.15, 0.2) is 12.0 Å². The molecule has 2 aromatic heterocycles. The van der Waals surface area contributed by atoms with E-state index in [1.54, 1.807) is 35.2 Å². The van der Waals surface area contributed by atoms with E-state index in [1.165, 1.54) is 0 Å². The third kappa shape index (κ3) is 1.74. The first-order valence-corrected chi connectivity index (χ1v) is 4.53. The van der Waals surface area contributed by atoms with Gasteiger partial charge in [0.05, 0.1) is 12.8 Å². The molecule has 15 heavy (non-hydrogen) atoms. The van der Waals surface area contributed by atoms with Gasteiger partial charge in [-0.15, -0.1) is 6.58 Å². The molecular formula is C11H10N2O2. The van der Waals surface area contributed by atoms with E-state index < -0.39 is 0 Å². The number of hydrogen-bond donors (Lipinski definition) is 0. The van der Waals surface area contributed by atoms with Gasteiger partial charge in [0, 0.05) is 0 Å². The highest BCUT2D eigenvalue weighted by molar-refractivity contribution is 5.75. The smallest absolute Gasteiger partial charge is 0.168 e. The highest BCUT2D eigenvalue weighted by Gasteiger charge is 2.09. The fourth-order valence-electron chi connectivity index (χ4n) is 1.34. The van der Waals surface area contributed by atoms with E-state index in [4.69, 9.17) is 4.42 Å². The Morgan fingerprint density at radius 2 is 2.47 bits per heavy atom. The van der Waals surface area contributed by atoms with Crippen molar-refractivity contribution in [2.24, 2.45) is 0 Å². The molecule has 76 valence electrons. The van der Waals surface area contributed by atoms with Crippen molar-refractivity contribution in [3.63, 3.8) is 0 Å². The summed E-state index contributed by atoms with van der Waals surface area (Å²) >= 11 is 0. The van der Waals surface area contributed by atoms with E-state index in [2.05, 4.69) is 11.7 Å². The molecule has 0 amide bonds. The molecule has 0 aromatic carbocycles. The maximum atomic E-state index is 10.8. The molecule has 0 bridgehead atoms. The van der Waals surface area contributed by atoms with Crippen molar-refractivity contribution in [2.75, 3.05) is 0 Å². The summed E-state index contributed by atoms with van der Waals surface area (Å²) in [4.78, 5) is 10.8. The van der Waals surface area contributed by atoms with Crippen LogP contribution in [0, 0.1) is 0 Å². The van der Waals surface area contributed by atoms with Crippen LogP contribution < -0.4 is 0 Å². The highest BCUT2D eigenvalue weighted by Crippen LogP contribution is 2.18. The van der Waals surface area contributed by atoms with Gasteiger partial charge in [-0.25, -0.2) is 0 Å². The summed E-state index contributed by atoms with van der Waals surface area (Å²) in [5.74, 6) is 0.654. The molecule has 0 saturated carbocycles. The summed E-state index contributed by atoms with van der Waals surface area (Å²) in [7, 11) is 0. The molecule has 0 fully saturated rings. The Bertz CT molecular complexity index is 469. The van der Waals surface area contributed by atoms with Gasteiger partial charge in [0.25, 0.3) is 0 Å². The van der Waals surface area contributed by atoms with Gasteiger partial charge in [-0.2, -0.15) is 5.10 Å². The molecule has 0 aliphatic carbocycles. The maximum absolute atomic E-state index is 10.8. The van der Waals surface area contributed by atoms with E-state index in [9.17, 15) is 4.79 Å². The van der Waals surface area contributed by atoms with Crippen LogP contribution in [0.4, 0.5) is 0 Å². The summed E-state index contributed by atoms with van der Waals surface area (Å²) in [6.07, 6.45) is 4.03. The second-order valence-electron chi connectivity index (χ2n) is 3.02. The monoisotopic (exact) mass is 202 g/mol. The fraction of sp³-hybridized carbons (Fsp3) is 0.0909. The molecule has 0 spiro atoms. The number of hydrogen-bond acceptors (Lipinski definition) is 3. The molecule has 0 atom stereocenters. The number of aromatic nitrogens is 2. The molecule has 4 nitrogen and oxygen atoms in total. The number of furan rings is 1. The first kappa shape index (κ1) is 9.45. The number of nitrogens with zero attached hydrogens (tertiary/aromatic N) is 2.